The van der Waals surface area contributed by atoms with E-state index in [4.69, 9.17) is 0 Å². The summed E-state index contributed by atoms with van der Waals surface area (Å²) >= 11 is 3.45. The molecule has 0 aliphatic carbocycles. The molecule has 1 heterocycles. The zero-order valence-electron chi connectivity index (χ0n) is 7.70. The van der Waals surface area contributed by atoms with Gasteiger partial charge in [0.25, 0.3) is 0 Å². The maximum atomic E-state index is 10.8. The Hall–Kier alpha value is -1.16. The highest BCUT2D eigenvalue weighted by atomic mass is 79.9. The van der Waals surface area contributed by atoms with Crippen LogP contribution in [-0.4, -0.2) is 16.1 Å². The Kier molecular flexibility index (Phi) is 2.37. The number of hydrogen-bond acceptors (Lipinski definition) is 2. The molecular formula is C10H9BrN2O. The first-order valence-corrected chi connectivity index (χ1v) is 5.17. The normalized spacial score (nSPS) is 10.7. The lowest BCUT2D eigenvalue weighted by Gasteiger charge is -1.96. The van der Waals surface area contributed by atoms with Crippen LogP contribution in [0.15, 0.2) is 22.8 Å². The third-order valence-electron chi connectivity index (χ3n) is 2.16. The van der Waals surface area contributed by atoms with Gasteiger partial charge in [0.1, 0.15) is 4.60 Å². The fourth-order valence-corrected chi connectivity index (χ4v) is 2.24. The van der Waals surface area contributed by atoms with E-state index in [2.05, 4.69) is 21.0 Å². The van der Waals surface area contributed by atoms with Crippen molar-refractivity contribution >= 4 is 33.1 Å². The van der Waals surface area contributed by atoms with Crippen molar-refractivity contribution < 1.29 is 4.79 Å². The van der Waals surface area contributed by atoms with Crippen LogP contribution in [0.5, 0.6) is 0 Å². The Labute approximate surface area is 89.8 Å². The second-order valence-electron chi connectivity index (χ2n) is 2.97. The first-order valence-electron chi connectivity index (χ1n) is 4.38. The maximum absolute atomic E-state index is 10.8. The fourth-order valence-electron chi connectivity index (χ4n) is 1.48. The van der Waals surface area contributed by atoms with Gasteiger partial charge in [-0.3, -0.25) is 9.48 Å². The summed E-state index contributed by atoms with van der Waals surface area (Å²) in [6.07, 6.45) is 0.856. The molecule has 0 saturated heterocycles. The largest absolute Gasteiger partial charge is 0.298 e. The van der Waals surface area contributed by atoms with Crippen LogP contribution in [0.4, 0.5) is 0 Å². The van der Waals surface area contributed by atoms with E-state index in [-0.39, 0.29) is 0 Å². The number of rotatable bonds is 2. The van der Waals surface area contributed by atoms with Crippen molar-refractivity contribution in [3.8, 4) is 0 Å². The Bertz CT molecular complexity index is 490. The number of hydrogen-bond donors (Lipinski definition) is 0. The number of aldehydes is 1. The summed E-state index contributed by atoms with van der Waals surface area (Å²) in [4.78, 5) is 10.8. The van der Waals surface area contributed by atoms with E-state index in [1.807, 2.05) is 23.7 Å². The van der Waals surface area contributed by atoms with Crippen LogP contribution in [0.1, 0.15) is 17.3 Å². The van der Waals surface area contributed by atoms with E-state index in [1.54, 1.807) is 6.07 Å². The molecule has 0 saturated carbocycles. The van der Waals surface area contributed by atoms with Crippen molar-refractivity contribution in [2.24, 2.45) is 0 Å². The van der Waals surface area contributed by atoms with Crippen molar-refractivity contribution in [1.82, 2.24) is 9.78 Å². The zero-order valence-corrected chi connectivity index (χ0v) is 9.28. The summed E-state index contributed by atoms with van der Waals surface area (Å²) in [6.45, 7) is 2.80. The number of benzene rings is 1. The van der Waals surface area contributed by atoms with E-state index in [1.165, 1.54) is 0 Å². The molecule has 0 fully saturated rings. The van der Waals surface area contributed by atoms with E-state index < -0.39 is 0 Å². The molecule has 0 N–H and O–H groups in total. The van der Waals surface area contributed by atoms with Crippen LogP contribution in [0, 0.1) is 0 Å². The predicted octanol–water partition coefficient (Wildman–Crippen LogP) is 2.63. The number of fused-ring (bicyclic) bond motifs is 1. The number of aryl methyl sites for hydroxylation is 1. The molecule has 2 rings (SSSR count). The molecule has 72 valence electrons. The number of carbonyl (C=O) groups is 1. The second-order valence-corrected chi connectivity index (χ2v) is 3.72. The predicted molar refractivity (Wildman–Crippen MR) is 58.5 cm³/mol. The SMILES string of the molecule is CCn1nc2cccc(C=O)c2c1Br. The van der Waals surface area contributed by atoms with Crippen LogP contribution in [0.25, 0.3) is 10.9 Å². The molecule has 0 amide bonds. The molecule has 0 aliphatic rings. The zero-order chi connectivity index (χ0) is 10.1. The van der Waals surface area contributed by atoms with Crippen molar-refractivity contribution in [3.05, 3.63) is 28.4 Å². The summed E-state index contributed by atoms with van der Waals surface area (Å²) in [5.41, 5.74) is 1.53. The lowest BCUT2D eigenvalue weighted by atomic mass is 10.1. The molecule has 3 nitrogen and oxygen atoms in total. The van der Waals surface area contributed by atoms with Gasteiger partial charge in [-0.05, 0) is 28.9 Å². The summed E-state index contributed by atoms with van der Waals surface area (Å²) in [6, 6.07) is 5.53. The van der Waals surface area contributed by atoms with Gasteiger partial charge >= 0.3 is 0 Å². The molecule has 0 unspecified atom stereocenters. The number of nitrogens with zero attached hydrogens (tertiary/aromatic N) is 2. The summed E-state index contributed by atoms with van der Waals surface area (Å²) in [5.74, 6) is 0. The van der Waals surface area contributed by atoms with Gasteiger partial charge in [0.05, 0.1) is 5.52 Å². The van der Waals surface area contributed by atoms with E-state index in [0.717, 1.165) is 28.3 Å². The molecular weight excluding hydrogens is 244 g/mol. The van der Waals surface area contributed by atoms with Gasteiger partial charge in [0, 0.05) is 17.5 Å². The van der Waals surface area contributed by atoms with Gasteiger partial charge in [-0.15, -0.1) is 0 Å². The summed E-state index contributed by atoms with van der Waals surface area (Å²) in [7, 11) is 0. The molecule has 0 aliphatic heterocycles. The Morgan fingerprint density at radius 3 is 3.00 bits per heavy atom. The molecule has 0 atom stereocenters. The first-order chi connectivity index (χ1) is 6.77. The molecule has 2 aromatic rings. The van der Waals surface area contributed by atoms with Crippen LogP contribution in [0.2, 0.25) is 0 Å². The second kappa shape index (κ2) is 3.53. The smallest absolute Gasteiger partial charge is 0.150 e. The molecule has 1 aromatic carbocycles. The third-order valence-corrected chi connectivity index (χ3v) is 2.97. The minimum Gasteiger partial charge on any atom is -0.298 e. The molecule has 0 spiro atoms. The number of halogens is 1. The Morgan fingerprint density at radius 2 is 2.36 bits per heavy atom. The van der Waals surface area contributed by atoms with Crippen LogP contribution in [0.3, 0.4) is 0 Å². The Morgan fingerprint density at radius 1 is 1.57 bits per heavy atom. The molecule has 14 heavy (non-hydrogen) atoms. The van der Waals surface area contributed by atoms with E-state index in [0.29, 0.717) is 5.56 Å². The minimum absolute atomic E-state index is 0.675. The highest BCUT2D eigenvalue weighted by Crippen LogP contribution is 2.26. The van der Waals surface area contributed by atoms with Crippen LogP contribution < -0.4 is 0 Å². The summed E-state index contributed by atoms with van der Waals surface area (Å²) < 4.78 is 2.70. The summed E-state index contributed by atoms with van der Waals surface area (Å²) in [5, 5.41) is 5.24. The van der Waals surface area contributed by atoms with Gasteiger partial charge in [0.2, 0.25) is 0 Å². The molecule has 0 bridgehead atoms. The quantitative estimate of drug-likeness (QED) is 0.771. The van der Waals surface area contributed by atoms with Gasteiger partial charge in [-0.25, -0.2) is 0 Å². The minimum atomic E-state index is 0.675. The lowest BCUT2D eigenvalue weighted by Crippen LogP contribution is -1.95. The van der Waals surface area contributed by atoms with Crippen molar-refractivity contribution in [2.75, 3.05) is 0 Å². The van der Waals surface area contributed by atoms with Gasteiger partial charge in [-0.1, -0.05) is 12.1 Å². The lowest BCUT2D eigenvalue weighted by molar-refractivity contribution is 0.112. The van der Waals surface area contributed by atoms with Crippen molar-refractivity contribution in [1.29, 1.82) is 0 Å². The van der Waals surface area contributed by atoms with Crippen LogP contribution >= 0.6 is 15.9 Å². The van der Waals surface area contributed by atoms with Gasteiger partial charge in [0.15, 0.2) is 6.29 Å². The van der Waals surface area contributed by atoms with E-state index in [9.17, 15) is 4.79 Å². The van der Waals surface area contributed by atoms with Gasteiger partial charge < -0.3 is 0 Å². The van der Waals surface area contributed by atoms with Crippen LogP contribution in [-0.2, 0) is 6.54 Å². The molecule has 4 heteroatoms. The standard InChI is InChI=1S/C10H9BrN2O/c1-2-13-10(11)9-7(6-14)4-3-5-8(9)12-13/h3-6H,2H2,1H3. The third kappa shape index (κ3) is 1.26. The number of aromatic nitrogens is 2. The van der Waals surface area contributed by atoms with Crippen molar-refractivity contribution in [2.45, 2.75) is 13.5 Å². The monoisotopic (exact) mass is 252 g/mol. The first kappa shape index (κ1) is 9.40. The number of carbonyl (C=O) groups excluding carboxylic acids is 1. The van der Waals surface area contributed by atoms with Crippen molar-refractivity contribution in [3.63, 3.8) is 0 Å². The van der Waals surface area contributed by atoms with E-state index >= 15 is 0 Å². The molecule has 0 radical (unpaired) electrons. The average molecular weight is 253 g/mol. The highest BCUT2D eigenvalue weighted by Gasteiger charge is 2.10. The highest BCUT2D eigenvalue weighted by molar-refractivity contribution is 9.10. The average Bonchev–Trinajstić information content (AvgIpc) is 2.55. The Balaban J connectivity index is 2.85. The topological polar surface area (TPSA) is 34.9 Å². The maximum Gasteiger partial charge on any atom is 0.150 e. The molecule has 1 aromatic heterocycles. The van der Waals surface area contributed by atoms with Gasteiger partial charge in [-0.2, -0.15) is 5.10 Å². The fraction of sp³-hybridized carbons (Fsp3) is 0.200.